The summed E-state index contributed by atoms with van der Waals surface area (Å²) in [7, 11) is 1.50. The molecule has 3 aromatic rings. The molecule has 0 aliphatic heterocycles. The molecule has 0 unspecified atom stereocenters. The lowest BCUT2D eigenvalue weighted by Gasteiger charge is -2.11. The van der Waals surface area contributed by atoms with E-state index in [1.165, 1.54) is 13.3 Å². The smallest absolute Gasteiger partial charge is 0.343 e. The van der Waals surface area contributed by atoms with Gasteiger partial charge in [0.15, 0.2) is 11.5 Å². The van der Waals surface area contributed by atoms with Gasteiger partial charge in [-0.25, -0.2) is 10.2 Å². The van der Waals surface area contributed by atoms with Gasteiger partial charge < -0.3 is 24.3 Å². The van der Waals surface area contributed by atoms with Gasteiger partial charge in [-0.05, 0) is 74.0 Å². The summed E-state index contributed by atoms with van der Waals surface area (Å²) >= 11 is 0. The molecule has 0 fully saturated rings. The first kappa shape index (κ1) is 26.7. The Labute approximate surface area is 214 Å². The summed E-state index contributed by atoms with van der Waals surface area (Å²) in [6.45, 7) is 4.52. The number of hydrazone groups is 1. The summed E-state index contributed by atoms with van der Waals surface area (Å²) < 4.78 is 21.6. The first-order chi connectivity index (χ1) is 17.9. The highest BCUT2D eigenvalue weighted by atomic mass is 16.6. The largest absolute Gasteiger partial charge is 0.497 e. The maximum atomic E-state index is 12.6. The molecule has 3 aromatic carbocycles. The van der Waals surface area contributed by atoms with Crippen LogP contribution < -0.4 is 29.7 Å². The van der Waals surface area contributed by atoms with Crippen molar-refractivity contribution in [2.75, 3.05) is 25.6 Å². The number of nitrogens with one attached hydrogen (secondary N) is 2. The molecular formula is C27H27N3O7. The van der Waals surface area contributed by atoms with Gasteiger partial charge in [0.25, 0.3) is 0 Å². The Kier molecular flexibility index (Phi) is 9.60. The maximum absolute atomic E-state index is 12.6. The highest BCUT2D eigenvalue weighted by molar-refractivity contribution is 6.39. The molecule has 0 bridgehead atoms. The van der Waals surface area contributed by atoms with Crippen LogP contribution in [0.4, 0.5) is 5.69 Å². The molecular weight excluding hydrogens is 478 g/mol. The van der Waals surface area contributed by atoms with E-state index in [0.29, 0.717) is 47.3 Å². The predicted molar refractivity (Wildman–Crippen MR) is 138 cm³/mol. The van der Waals surface area contributed by atoms with E-state index in [0.717, 1.165) is 0 Å². The number of hydrogen-bond donors (Lipinski definition) is 2. The van der Waals surface area contributed by atoms with Gasteiger partial charge in [0.2, 0.25) is 0 Å². The van der Waals surface area contributed by atoms with Crippen molar-refractivity contribution < 1.29 is 33.3 Å². The number of ether oxygens (including phenoxy) is 4. The fourth-order valence-corrected chi connectivity index (χ4v) is 3.08. The summed E-state index contributed by atoms with van der Waals surface area (Å²) in [5.41, 5.74) is 3.46. The summed E-state index contributed by atoms with van der Waals surface area (Å²) in [5, 5.41) is 6.27. The van der Waals surface area contributed by atoms with Gasteiger partial charge in [-0.3, -0.25) is 9.59 Å². The van der Waals surface area contributed by atoms with Gasteiger partial charge in [-0.1, -0.05) is 6.07 Å². The molecule has 0 aliphatic carbocycles. The van der Waals surface area contributed by atoms with E-state index in [4.69, 9.17) is 18.9 Å². The number of amides is 2. The third-order valence-corrected chi connectivity index (χ3v) is 4.78. The molecule has 0 spiro atoms. The monoisotopic (exact) mass is 505 g/mol. The quantitative estimate of drug-likeness (QED) is 0.141. The van der Waals surface area contributed by atoms with Crippen LogP contribution in [0.3, 0.4) is 0 Å². The van der Waals surface area contributed by atoms with Crippen LogP contribution in [0.25, 0.3) is 0 Å². The van der Waals surface area contributed by atoms with Gasteiger partial charge in [-0.2, -0.15) is 5.10 Å². The van der Waals surface area contributed by atoms with E-state index >= 15 is 0 Å². The van der Waals surface area contributed by atoms with E-state index in [2.05, 4.69) is 15.8 Å². The van der Waals surface area contributed by atoms with E-state index < -0.39 is 17.8 Å². The number of benzene rings is 3. The Hall–Kier alpha value is -4.86. The molecule has 0 heterocycles. The van der Waals surface area contributed by atoms with Crippen LogP contribution in [0.2, 0.25) is 0 Å². The Morgan fingerprint density at radius 2 is 1.59 bits per heavy atom. The van der Waals surface area contributed by atoms with Crippen LogP contribution in [0, 0.1) is 0 Å². The van der Waals surface area contributed by atoms with E-state index in [-0.39, 0.29) is 5.75 Å². The second-order valence-electron chi connectivity index (χ2n) is 7.37. The number of nitrogens with zero attached hydrogens (tertiary/aromatic N) is 1. The molecule has 192 valence electrons. The Morgan fingerprint density at radius 1 is 0.838 bits per heavy atom. The average Bonchev–Trinajstić information content (AvgIpc) is 2.90. The SMILES string of the molecule is CCOc1ccc(C(=O)Oc2ccc(/C=N\NC(=O)C(=O)Nc3cccc(OC)c3)cc2OCC)cc1. The average molecular weight is 506 g/mol. The lowest BCUT2D eigenvalue weighted by Crippen LogP contribution is -2.32. The van der Waals surface area contributed by atoms with Crippen LogP contribution in [-0.4, -0.2) is 44.3 Å². The number of carbonyl (C=O) groups excluding carboxylic acids is 3. The highest BCUT2D eigenvalue weighted by Gasteiger charge is 2.15. The van der Waals surface area contributed by atoms with Gasteiger partial charge >= 0.3 is 17.8 Å². The molecule has 0 aliphatic rings. The number of esters is 1. The lowest BCUT2D eigenvalue weighted by molar-refractivity contribution is -0.136. The number of carbonyl (C=O) groups is 3. The van der Waals surface area contributed by atoms with Crippen LogP contribution >= 0.6 is 0 Å². The standard InChI is InChI=1S/C27H27N3O7/c1-4-35-21-12-10-19(11-13-21)27(33)37-23-14-9-18(15-24(23)36-5-2)17-28-30-26(32)25(31)29-20-7-6-8-22(16-20)34-3/h6-17H,4-5H2,1-3H3,(H,29,31)(H,30,32)/b28-17-. The first-order valence-corrected chi connectivity index (χ1v) is 11.4. The molecule has 0 atom stereocenters. The van der Waals surface area contributed by atoms with Crippen molar-refractivity contribution in [3.8, 4) is 23.0 Å². The number of rotatable bonds is 10. The maximum Gasteiger partial charge on any atom is 0.343 e. The zero-order chi connectivity index (χ0) is 26.6. The van der Waals surface area contributed by atoms with Crippen molar-refractivity contribution in [1.29, 1.82) is 0 Å². The van der Waals surface area contributed by atoms with Gasteiger partial charge in [0.05, 0.1) is 32.1 Å². The third kappa shape index (κ3) is 7.82. The molecule has 0 aromatic heterocycles. The zero-order valence-electron chi connectivity index (χ0n) is 20.6. The molecule has 0 saturated heterocycles. The molecule has 2 N–H and O–H groups in total. The fourth-order valence-electron chi connectivity index (χ4n) is 3.08. The van der Waals surface area contributed by atoms with Gasteiger partial charge in [0.1, 0.15) is 11.5 Å². The highest BCUT2D eigenvalue weighted by Crippen LogP contribution is 2.29. The molecule has 0 saturated carbocycles. The molecule has 10 nitrogen and oxygen atoms in total. The van der Waals surface area contributed by atoms with E-state index in [1.807, 2.05) is 6.92 Å². The van der Waals surface area contributed by atoms with Crippen molar-refractivity contribution in [2.45, 2.75) is 13.8 Å². The molecule has 3 rings (SSSR count). The van der Waals surface area contributed by atoms with Crippen LogP contribution in [0.1, 0.15) is 29.8 Å². The fraction of sp³-hybridized carbons (Fsp3) is 0.185. The van der Waals surface area contributed by atoms with Crippen molar-refractivity contribution in [3.63, 3.8) is 0 Å². The minimum Gasteiger partial charge on any atom is -0.497 e. The Balaban J connectivity index is 1.62. The van der Waals surface area contributed by atoms with Crippen LogP contribution in [0.15, 0.2) is 71.8 Å². The normalized spacial score (nSPS) is 10.5. The van der Waals surface area contributed by atoms with Gasteiger partial charge in [-0.15, -0.1) is 0 Å². The minimum absolute atomic E-state index is 0.222. The molecule has 0 radical (unpaired) electrons. The summed E-state index contributed by atoms with van der Waals surface area (Å²) in [6, 6.07) is 18.0. The van der Waals surface area contributed by atoms with Crippen LogP contribution in [0.5, 0.6) is 23.0 Å². The summed E-state index contributed by atoms with van der Waals surface area (Å²) in [4.78, 5) is 36.7. The van der Waals surface area contributed by atoms with Crippen molar-refractivity contribution in [3.05, 3.63) is 77.9 Å². The number of methoxy groups -OCH3 is 1. The lowest BCUT2D eigenvalue weighted by atomic mass is 10.2. The molecule has 2 amide bonds. The molecule has 10 heteroatoms. The van der Waals surface area contributed by atoms with Crippen molar-refractivity contribution in [1.82, 2.24) is 5.43 Å². The predicted octanol–water partition coefficient (Wildman–Crippen LogP) is 3.80. The van der Waals surface area contributed by atoms with E-state index in [1.54, 1.807) is 73.7 Å². The minimum atomic E-state index is -0.954. The number of hydrogen-bond acceptors (Lipinski definition) is 8. The second kappa shape index (κ2) is 13.3. The Bertz CT molecular complexity index is 1270. The third-order valence-electron chi connectivity index (χ3n) is 4.78. The summed E-state index contributed by atoms with van der Waals surface area (Å²) in [5.74, 6) is -0.674. The summed E-state index contributed by atoms with van der Waals surface area (Å²) in [6.07, 6.45) is 1.33. The van der Waals surface area contributed by atoms with E-state index in [9.17, 15) is 14.4 Å². The van der Waals surface area contributed by atoms with Crippen LogP contribution in [-0.2, 0) is 9.59 Å². The van der Waals surface area contributed by atoms with Gasteiger partial charge in [0, 0.05) is 11.8 Å². The van der Waals surface area contributed by atoms with Crippen molar-refractivity contribution in [2.24, 2.45) is 5.10 Å². The Morgan fingerprint density at radius 3 is 2.30 bits per heavy atom. The zero-order valence-corrected chi connectivity index (χ0v) is 20.6. The number of anilines is 1. The second-order valence-corrected chi connectivity index (χ2v) is 7.37. The van der Waals surface area contributed by atoms with Crippen molar-refractivity contribution >= 4 is 29.7 Å². The molecule has 37 heavy (non-hydrogen) atoms. The first-order valence-electron chi connectivity index (χ1n) is 11.4. The topological polar surface area (TPSA) is 125 Å².